The van der Waals surface area contributed by atoms with Crippen molar-refractivity contribution in [3.05, 3.63) is 78.9 Å². The molecule has 0 bridgehead atoms. The van der Waals surface area contributed by atoms with E-state index in [1.807, 2.05) is 12.1 Å². The average molecular weight is 434 g/mol. The van der Waals surface area contributed by atoms with Crippen LogP contribution in [0.15, 0.2) is 78.9 Å². The van der Waals surface area contributed by atoms with E-state index in [1.165, 1.54) is 10.8 Å². The lowest BCUT2D eigenvalue weighted by atomic mass is 10.0. The molecular formula is C28H23N3O2. The second kappa shape index (κ2) is 8.17. The Bertz CT molecular complexity index is 1480. The van der Waals surface area contributed by atoms with E-state index in [1.54, 1.807) is 18.2 Å². The van der Waals surface area contributed by atoms with Crippen LogP contribution in [0.1, 0.15) is 25.7 Å². The van der Waals surface area contributed by atoms with Crippen molar-refractivity contribution in [3.8, 4) is 34.5 Å². The van der Waals surface area contributed by atoms with Crippen molar-refractivity contribution >= 4 is 21.5 Å². The molecule has 1 saturated carbocycles. The standard InChI is InChI=1S/C28H23N3O2/c32-25-12-6-5-11-24(25)27-29-26(30-28(31-27)33-23-9-3-4-10-23)21-14-13-20-15-18-7-1-2-8-19(18)16-22(20)17-21/h1-2,5-8,11-17,23,32H,3-4,9-10H2. The van der Waals surface area contributed by atoms with Crippen LogP contribution in [0.3, 0.4) is 0 Å². The normalized spacial score (nSPS) is 14.2. The van der Waals surface area contributed by atoms with Gasteiger partial charge >= 0.3 is 6.01 Å². The molecular weight excluding hydrogens is 410 g/mol. The zero-order chi connectivity index (χ0) is 22.2. The van der Waals surface area contributed by atoms with Gasteiger partial charge in [-0.1, -0.05) is 48.5 Å². The fraction of sp³-hybridized carbons (Fsp3) is 0.179. The van der Waals surface area contributed by atoms with Crippen LogP contribution in [-0.4, -0.2) is 26.2 Å². The Balaban J connectivity index is 1.48. The van der Waals surface area contributed by atoms with E-state index in [2.05, 4.69) is 58.5 Å². The minimum absolute atomic E-state index is 0.125. The molecule has 6 rings (SSSR count). The molecule has 1 aliphatic carbocycles. The number of ether oxygens (including phenoxy) is 1. The Morgan fingerprint density at radius 2 is 1.33 bits per heavy atom. The van der Waals surface area contributed by atoms with Crippen LogP contribution < -0.4 is 4.74 Å². The van der Waals surface area contributed by atoms with Gasteiger partial charge in [0.05, 0.1) is 5.56 Å². The van der Waals surface area contributed by atoms with Crippen LogP contribution >= 0.6 is 0 Å². The van der Waals surface area contributed by atoms with Gasteiger partial charge in [-0.3, -0.25) is 0 Å². The van der Waals surface area contributed by atoms with Crippen molar-refractivity contribution in [2.45, 2.75) is 31.8 Å². The first-order chi connectivity index (χ1) is 16.2. The summed E-state index contributed by atoms with van der Waals surface area (Å²) in [6, 6.07) is 26.4. The number of fused-ring (bicyclic) bond motifs is 2. The van der Waals surface area contributed by atoms with Gasteiger partial charge in [-0.25, -0.2) is 4.98 Å². The van der Waals surface area contributed by atoms with Crippen molar-refractivity contribution in [1.29, 1.82) is 0 Å². The summed E-state index contributed by atoms with van der Waals surface area (Å²) in [4.78, 5) is 13.9. The smallest absolute Gasteiger partial charge is 0.320 e. The zero-order valence-corrected chi connectivity index (χ0v) is 18.1. The van der Waals surface area contributed by atoms with Crippen molar-refractivity contribution in [2.24, 2.45) is 0 Å². The quantitative estimate of drug-likeness (QED) is 0.326. The molecule has 0 radical (unpaired) electrons. The molecule has 1 aliphatic rings. The van der Waals surface area contributed by atoms with Crippen LogP contribution in [0.5, 0.6) is 11.8 Å². The Kier molecular flexibility index (Phi) is 4.87. The maximum Gasteiger partial charge on any atom is 0.320 e. The lowest BCUT2D eigenvalue weighted by Gasteiger charge is -2.13. The molecule has 33 heavy (non-hydrogen) atoms. The minimum Gasteiger partial charge on any atom is -0.507 e. The minimum atomic E-state index is 0.125. The van der Waals surface area contributed by atoms with E-state index in [0.29, 0.717) is 23.2 Å². The van der Waals surface area contributed by atoms with Gasteiger partial charge < -0.3 is 9.84 Å². The molecule has 4 aromatic carbocycles. The second-order valence-corrected chi connectivity index (χ2v) is 8.57. The van der Waals surface area contributed by atoms with Crippen LogP contribution in [0.2, 0.25) is 0 Å². The molecule has 5 heteroatoms. The highest BCUT2D eigenvalue weighted by molar-refractivity contribution is 5.99. The van der Waals surface area contributed by atoms with Crippen LogP contribution in [0, 0.1) is 0 Å². The van der Waals surface area contributed by atoms with Gasteiger partial charge in [-0.05, 0) is 77.6 Å². The molecule has 1 fully saturated rings. The number of para-hydroxylation sites is 1. The molecule has 5 nitrogen and oxygen atoms in total. The molecule has 0 unspecified atom stereocenters. The van der Waals surface area contributed by atoms with E-state index in [-0.39, 0.29) is 11.9 Å². The van der Waals surface area contributed by atoms with Crippen molar-refractivity contribution in [2.75, 3.05) is 0 Å². The first-order valence-corrected chi connectivity index (χ1v) is 11.4. The van der Waals surface area contributed by atoms with Crippen LogP contribution in [0.4, 0.5) is 0 Å². The number of hydrogen-bond acceptors (Lipinski definition) is 5. The number of aromatic hydroxyl groups is 1. The lowest BCUT2D eigenvalue weighted by molar-refractivity contribution is 0.192. The fourth-order valence-electron chi connectivity index (χ4n) is 4.56. The molecule has 1 aromatic heterocycles. The number of rotatable bonds is 4. The van der Waals surface area contributed by atoms with Crippen molar-refractivity contribution in [3.63, 3.8) is 0 Å². The van der Waals surface area contributed by atoms with E-state index >= 15 is 0 Å². The van der Waals surface area contributed by atoms with E-state index in [9.17, 15) is 5.11 Å². The third kappa shape index (κ3) is 3.87. The maximum atomic E-state index is 10.4. The third-order valence-electron chi connectivity index (χ3n) is 6.30. The summed E-state index contributed by atoms with van der Waals surface area (Å²) in [7, 11) is 0. The zero-order valence-electron chi connectivity index (χ0n) is 18.1. The van der Waals surface area contributed by atoms with Gasteiger partial charge in [0.1, 0.15) is 11.9 Å². The highest BCUT2D eigenvalue weighted by Gasteiger charge is 2.20. The summed E-state index contributed by atoms with van der Waals surface area (Å²) >= 11 is 0. The second-order valence-electron chi connectivity index (χ2n) is 8.57. The predicted molar refractivity (Wildman–Crippen MR) is 130 cm³/mol. The monoisotopic (exact) mass is 433 g/mol. The van der Waals surface area contributed by atoms with Gasteiger partial charge in [0.15, 0.2) is 11.6 Å². The Morgan fingerprint density at radius 1 is 0.667 bits per heavy atom. The first-order valence-electron chi connectivity index (χ1n) is 11.4. The third-order valence-corrected chi connectivity index (χ3v) is 6.30. The van der Waals surface area contributed by atoms with Gasteiger partial charge in [0, 0.05) is 5.56 Å². The summed E-state index contributed by atoms with van der Waals surface area (Å²) in [5, 5.41) is 15.1. The lowest BCUT2D eigenvalue weighted by Crippen LogP contribution is -2.14. The summed E-state index contributed by atoms with van der Waals surface area (Å²) in [6.45, 7) is 0. The number of aromatic nitrogens is 3. The Labute approximate surface area is 191 Å². The van der Waals surface area contributed by atoms with Gasteiger partial charge in [-0.2, -0.15) is 9.97 Å². The molecule has 0 spiro atoms. The molecule has 5 aromatic rings. The SMILES string of the molecule is Oc1ccccc1-c1nc(OC2CCCC2)nc(-c2ccc3cc4ccccc4cc3c2)n1. The molecule has 162 valence electrons. The van der Waals surface area contributed by atoms with E-state index in [4.69, 9.17) is 9.72 Å². The summed E-state index contributed by atoms with van der Waals surface area (Å²) in [6.07, 6.45) is 4.47. The number of phenolic OH excluding ortho intramolecular Hbond substituents is 1. The summed E-state index contributed by atoms with van der Waals surface area (Å²) < 4.78 is 6.14. The Hall–Kier alpha value is -3.99. The van der Waals surface area contributed by atoms with E-state index < -0.39 is 0 Å². The van der Waals surface area contributed by atoms with Gasteiger partial charge in [0.2, 0.25) is 0 Å². The first kappa shape index (κ1) is 19.7. The highest BCUT2D eigenvalue weighted by atomic mass is 16.5. The number of hydrogen-bond donors (Lipinski definition) is 1. The molecule has 1 heterocycles. The van der Waals surface area contributed by atoms with Gasteiger partial charge in [-0.15, -0.1) is 0 Å². The maximum absolute atomic E-state index is 10.4. The van der Waals surface area contributed by atoms with Crippen LogP contribution in [0.25, 0.3) is 44.3 Å². The predicted octanol–water partition coefficient (Wildman–Crippen LogP) is 6.54. The fourth-order valence-corrected chi connectivity index (χ4v) is 4.56. The number of benzene rings is 4. The topological polar surface area (TPSA) is 68.1 Å². The van der Waals surface area contributed by atoms with Crippen molar-refractivity contribution < 1.29 is 9.84 Å². The molecule has 0 amide bonds. The molecule has 0 aliphatic heterocycles. The van der Waals surface area contributed by atoms with Crippen LogP contribution in [-0.2, 0) is 0 Å². The number of phenols is 1. The average Bonchev–Trinajstić information content (AvgIpc) is 3.35. The molecule has 1 N–H and O–H groups in total. The molecule has 0 atom stereocenters. The highest BCUT2D eigenvalue weighted by Crippen LogP contribution is 2.32. The van der Waals surface area contributed by atoms with Gasteiger partial charge in [0.25, 0.3) is 0 Å². The summed E-state index contributed by atoms with van der Waals surface area (Å²) in [5.41, 5.74) is 1.44. The Morgan fingerprint density at radius 3 is 2.12 bits per heavy atom. The van der Waals surface area contributed by atoms with E-state index in [0.717, 1.165) is 42.0 Å². The largest absolute Gasteiger partial charge is 0.507 e. The van der Waals surface area contributed by atoms with Crippen molar-refractivity contribution in [1.82, 2.24) is 15.0 Å². The number of nitrogens with zero attached hydrogens (tertiary/aromatic N) is 3. The molecule has 0 saturated heterocycles. The summed E-state index contributed by atoms with van der Waals surface area (Å²) in [5.74, 6) is 1.07.